The second-order valence-corrected chi connectivity index (χ2v) is 5.48. The van der Waals surface area contributed by atoms with Gasteiger partial charge in [0.25, 0.3) is 5.91 Å². The molecule has 0 aliphatic carbocycles. The summed E-state index contributed by atoms with van der Waals surface area (Å²) in [6.45, 7) is 0.187. The first-order valence-corrected chi connectivity index (χ1v) is 7.75. The Kier molecular flexibility index (Phi) is 5.00. The largest absolute Gasteiger partial charge is 0.493 e. The van der Waals surface area contributed by atoms with E-state index in [4.69, 9.17) is 13.9 Å². The van der Waals surface area contributed by atoms with E-state index in [2.05, 4.69) is 5.32 Å². The number of hydrogen-bond acceptors (Lipinski definition) is 4. The van der Waals surface area contributed by atoms with Gasteiger partial charge in [0.15, 0.2) is 17.1 Å². The Morgan fingerprint density at radius 1 is 1.20 bits per heavy atom. The highest BCUT2D eigenvalue weighted by Crippen LogP contribution is 2.28. The van der Waals surface area contributed by atoms with Crippen LogP contribution in [0.3, 0.4) is 0 Å². The molecule has 0 radical (unpaired) electrons. The molecule has 1 amide bonds. The van der Waals surface area contributed by atoms with Crippen molar-refractivity contribution in [2.24, 2.45) is 0 Å². The highest BCUT2D eigenvalue weighted by atomic mass is 19.1. The second kappa shape index (κ2) is 7.36. The van der Waals surface area contributed by atoms with Crippen LogP contribution in [0.25, 0.3) is 11.0 Å². The molecule has 5 nitrogen and oxygen atoms in total. The van der Waals surface area contributed by atoms with Gasteiger partial charge in [0.1, 0.15) is 5.82 Å². The van der Waals surface area contributed by atoms with Gasteiger partial charge in [0.05, 0.1) is 13.2 Å². The van der Waals surface area contributed by atoms with Crippen LogP contribution in [-0.2, 0) is 4.74 Å². The van der Waals surface area contributed by atoms with Gasteiger partial charge in [-0.05, 0) is 29.8 Å². The number of furan rings is 1. The van der Waals surface area contributed by atoms with E-state index in [1.807, 2.05) is 12.1 Å². The number of carbonyl (C=O) groups excluding carboxylic acids is 1. The van der Waals surface area contributed by atoms with Crippen LogP contribution in [-0.4, -0.2) is 26.7 Å². The van der Waals surface area contributed by atoms with Crippen molar-refractivity contribution in [3.05, 3.63) is 65.7 Å². The van der Waals surface area contributed by atoms with E-state index in [1.165, 1.54) is 19.2 Å². The maximum absolute atomic E-state index is 13.3. The predicted molar refractivity (Wildman–Crippen MR) is 91.2 cm³/mol. The number of benzene rings is 2. The second-order valence-electron chi connectivity index (χ2n) is 5.48. The van der Waals surface area contributed by atoms with Crippen LogP contribution in [0.15, 0.2) is 52.9 Å². The number of amides is 1. The van der Waals surface area contributed by atoms with Gasteiger partial charge in [-0.2, -0.15) is 0 Å². The van der Waals surface area contributed by atoms with Crippen LogP contribution in [0.5, 0.6) is 5.75 Å². The molecule has 130 valence electrons. The number of para-hydroxylation sites is 1. The number of nitrogens with one attached hydrogen (secondary N) is 1. The van der Waals surface area contributed by atoms with Crippen molar-refractivity contribution >= 4 is 16.9 Å². The Balaban J connectivity index is 1.73. The standard InChI is InChI=1S/C19H18FNO4/c1-23-15-8-4-6-13-10-16(25-18(13)15)19(22)21-11-17(24-2)12-5-3-7-14(20)9-12/h3-10,17H,11H2,1-2H3,(H,21,22). The Hall–Kier alpha value is -2.86. The summed E-state index contributed by atoms with van der Waals surface area (Å²) in [6, 6.07) is 13.2. The van der Waals surface area contributed by atoms with Crippen LogP contribution in [0, 0.1) is 5.82 Å². The van der Waals surface area contributed by atoms with E-state index in [9.17, 15) is 9.18 Å². The maximum Gasteiger partial charge on any atom is 0.287 e. The zero-order valence-corrected chi connectivity index (χ0v) is 13.9. The molecular weight excluding hydrogens is 325 g/mol. The fourth-order valence-electron chi connectivity index (χ4n) is 2.63. The Labute approximate surface area is 144 Å². The van der Waals surface area contributed by atoms with Crippen molar-refractivity contribution in [1.29, 1.82) is 0 Å². The van der Waals surface area contributed by atoms with Gasteiger partial charge < -0.3 is 19.2 Å². The molecule has 6 heteroatoms. The molecule has 0 bridgehead atoms. The lowest BCUT2D eigenvalue weighted by Gasteiger charge is -2.16. The molecule has 3 aromatic rings. The highest BCUT2D eigenvalue weighted by Gasteiger charge is 2.17. The molecule has 0 saturated carbocycles. The summed E-state index contributed by atoms with van der Waals surface area (Å²) in [4.78, 5) is 12.4. The minimum atomic E-state index is -0.460. The van der Waals surface area contributed by atoms with Gasteiger partial charge in [0, 0.05) is 19.0 Å². The SMILES string of the molecule is COc1cccc2cc(C(=O)NCC(OC)c3cccc(F)c3)oc12. The summed E-state index contributed by atoms with van der Waals surface area (Å²) in [6.07, 6.45) is -0.460. The van der Waals surface area contributed by atoms with E-state index in [-0.39, 0.29) is 24.0 Å². The summed E-state index contributed by atoms with van der Waals surface area (Å²) in [5, 5.41) is 3.52. The van der Waals surface area contributed by atoms with E-state index in [1.54, 1.807) is 31.4 Å². The van der Waals surface area contributed by atoms with E-state index < -0.39 is 6.10 Å². The number of ether oxygens (including phenoxy) is 2. The first kappa shape index (κ1) is 17.0. The third kappa shape index (κ3) is 3.64. The van der Waals surface area contributed by atoms with Crippen LogP contribution >= 0.6 is 0 Å². The first-order valence-electron chi connectivity index (χ1n) is 7.75. The lowest BCUT2D eigenvalue weighted by atomic mass is 10.1. The lowest BCUT2D eigenvalue weighted by molar-refractivity contribution is 0.0808. The molecule has 1 N–H and O–H groups in total. The molecule has 1 atom stereocenters. The van der Waals surface area contributed by atoms with Crippen molar-refractivity contribution in [3.63, 3.8) is 0 Å². The normalized spacial score (nSPS) is 12.1. The minimum Gasteiger partial charge on any atom is -0.493 e. The Morgan fingerprint density at radius 2 is 2.00 bits per heavy atom. The number of halogens is 1. The van der Waals surface area contributed by atoms with Crippen molar-refractivity contribution in [3.8, 4) is 5.75 Å². The quantitative estimate of drug-likeness (QED) is 0.741. The molecule has 3 rings (SSSR count). The average molecular weight is 343 g/mol. The molecule has 0 spiro atoms. The molecule has 1 heterocycles. The summed E-state index contributed by atoms with van der Waals surface area (Å²) in [5.41, 5.74) is 1.16. The smallest absolute Gasteiger partial charge is 0.287 e. The van der Waals surface area contributed by atoms with Gasteiger partial charge in [-0.1, -0.05) is 24.3 Å². The molecule has 1 unspecified atom stereocenters. The zero-order chi connectivity index (χ0) is 17.8. The van der Waals surface area contributed by atoms with Gasteiger partial charge in [-0.3, -0.25) is 4.79 Å². The summed E-state index contributed by atoms with van der Waals surface area (Å²) < 4.78 is 29.5. The van der Waals surface area contributed by atoms with Crippen LogP contribution in [0.2, 0.25) is 0 Å². The molecule has 0 aliphatic rings. The molecule has 1 aromatic heterocycles. The van der Waals surface area contributed by atoms with E-state index >= 15 is 0 Å². The summed E-state index contributed by atoms with van der Waals surface area (Å²) in [5.74, 6) is 0.00614. The first-order chi connectivity index (χ1) is 12.1. The number of hydrogen-bond donors (Lipinski definition) is 1. The third-order valence-electron chi connectivity index (χ3n) is 3.90. The number of methoxy groups -OCH3 is 2. The predicted octanol–water partition coefficient (Wildman–Crippen LogP) is 3.70. The topological polar surface area (TPSA) is 60.7 Å². The lowest BCUT2D eigenvalue weighted by Crippen LogP contribution is -2.28. The zero-order valence-electron chi connectivity index (χ0n) is 13.9. The average Bonchev–Trinajstić information content (AvgIpc) is 3.06. The van der Waals surface area contributed by atoms with E-state index in [0.717, 1.165) is 5.39 Å². The van der Waals surface area contributed by atoms with Crippen LogP contribution in [0.4, 0.5) is 4.39 Å². The Morgan fingerprint density at radius 3 is 2.72 bits per heavy atom. The van der Waals surface area contributed by atoms with Crippen molar-refractivity contribution in [2.45, 2.75) is 6.10 Å². The van der Waals surface area contributed by atoms with Crippen LogP contribution in [0.1, 0.15) is 22.2 Å². The number of rotatable bonds is 6. The maximum atomic E-state index is 13.3. The van der Waals surface area contributed by atoms with Gasteiger partial charge in [0.2, 0.25) is 0 Å². The molecule has 0 aliphatic heterocycles. The van der Waals surface area contributed by atoms with E-state index in [0.29, 0.717) is 16.9 Å². The minimum absolute atomic E-state index is 0.175. The number of fused-ring (bicyclic) bond motifs is 1. The van der Waals surface area contributed by atoms with Gasteiger partial charge in [-0.25, -0.2) is 4.39 Å². The third-order valence-corrected chi connectivity index (χ3v) is 3.90. The van der Waals surface area contributed by atoms with Crippen molar-refractivity contribution in [2.75, 3.05) is 20.8 Å². The molecular formula is C19H18FNO4. The fraction of sp³-hybridized carbons (Fsp3) is 0.211. The molecule has 0 saturated heterocycles. The fourth-order valence-corrected chi connectivity index (χ4v) is 2.63. The van der Waals surface area contributed by atoms with Crippen LogP contribution < -0.4 is 10.1 Å². The van der Waals surface area contributed by atoms with Crippen molar-refractivity contribution < 1.29 is 23.1 Å². The van der Waals surface area contributed by atoms with Crippen molar-refractivity contribution in [1.82, 2.24) is 5.32 Å². The summed E-state index contributed by atoms with van der Waals surface area (Å²) >= 11 is 0. The molecule has 2 aromatic carbocycles. The monoisotopic (exact) mass is 343 g/mol. The van der Waals surface area contributed by atoms with Gasteiger partial charge in [-0.15, -0.1) is 0 Å². The molecule has 25 heavy (non-hydrogen) atoms. The highest BCUT2D eigenvalue weighted by molar-refractivity contribution is 5.97. The molecule has 0 fully saturated rings. The number of carbonyl (C=O) groups is 1. The summed E-state index contributed by atoms with van der Waals surface area (Å²) in [7, 11) is 3.05. The Bertz CT molecular complexity index is 890. The van der Waals surface area contributed by atoms with Gasteiger partial charge >= 0.3 is 0 Å².